The van der Waals surface area contributed by atoms with Crippen LogP contribution in [0.25, 0.3) is 0 Å². The van der Waals surface area contributed by atoms with Crippen molar-refractivity contribution >= 4 is 17.3 Å². The molecule has 0 aliphatic rings. The molecule has 6 nitrogen and oxygen atoms in total. The average molecular weight is 366 g/mol. The summed E-state index contributed by atoms with van der Waals surface area (Å²) in [7, 11) is 3.38. The zero-order chi connectivity index (χ0) is 19.0. The minimum Gasteiger partial charge on any atom is -0.588 e. The highest BCUT2D eigenvalue weighted by Gasteiger charge is 2.19. The Labute approximate surface area is 152 Å². The van der Waals surface area contributed by atoms with E-state index in [1.165, 1.54) is 12.1 Å². The van der Waals surface area contributed by atoms with Crippen molar-refractivity contribution in [3.05, 3.63) is 53.4 Å². The lowest BCUT2D eigenvalue weighted by Gasteiger charge is -2.22. The number of benzene rings is 1. The van der Waals surface area contributed by atoms with E-state index in [1.807, 2.05) is 19.3 Å². The fourth-order valence-electron chi connectivity index (χ4n) is 2.00. The van der Waals surface area contributed by atoms with Gasteiger partial charge in [0.25, 0.3) is 0 Å². The van der Waals surface area contributed by atoms with Gasteiger partial charge in [0.15, 0.2) is 4.90 Å². The van der Waals surface area contributed by atoms with Crippen LogP contribution in [0.1, 0.15) is 31.1 Å². The molecule has 0 saturated carbocycles. The lowest BCUT2D eigenvalue weighted by atomic mass is 9.86. The van der Waals surface area contributed by atoms with E-state index in [0.29, 0.717) is 10.6 Å². The van der Waals surface area contributed by atoms with Crippen molar-refractivity contribution in [2.75, 3.05) is 20.8 Å². The van der Waals surface area contributed by atoms with Crippen LogP contribution in [0.5, 0.6) is 0 Å². The van der Waals surface area contributed by atoms with Gasteiger partial charge in [0, 0.05) is 26.4 Å². The molecule has 0 bridgehead atoms. The molecular formula is C18H26N2O4S. The Morgan fingerprint density at radius 2 is 2.08 bits per heavy atom. The van der Waals surface area contributed by atoms with E-state index < -0.39 is 17.3 Å². The van der Waals surface area contributed by atoms with Crippen molar-refractivity contribution < 1.29 is 19.2 Å². The first kappa shape index (κ1) is 21.1. The minimum absolute atomic E-state index is 0.0929. The van der Waals surface area contributed by atoms with E-state index in [2.05, 4.69) is 30.8 Å². The van der Waals surface area contributed by atoms with Crippen LogP contribution in [0.2, 0.25) is 0 Å². The van der Waals surface area contributed by atoms with Gasteiger partial charge in [-0.15, -0.1) is 0 Å². The number of methoxy groups -OCH3 is 1. The fourth-order valence-corrected chi connectivity index (χ4v) is 2.91. The van der Waals surface area contributed by atoms with Gasteiger partial charge in [-0.25, -0.2) is 9.52 Å². The molecule has 25 heavy (non-hydrogen) atoms. The van der Waals surface area contributed by atoms with Crippen LogP contribution in [0.4, 0.5) is 0 Å². The molecule has 0 spiro atoms. The quantitative estimate of drug-likeness (QED) is 0.484. The summed E-state index contributed by atoms with van der Waals surface area (Å²) < 4.78 is 20.7. The Kier molecular flexibility index (Phi) is 8.02. The highest BCUT2D eigenvalue weighted by molar-refractivity contribution is 7.89. The van der Waals surface area contributed by atoms with Crippen molar-refractivity contribution in [3.63, 3.8) is 0 Å². The second-order valence-corrected chi connectivity index (χ2v) is 7.66. The normalized spacial score (nSPS) is 14.2. The predicted molar refractivity (Wildman–Crippen MR) is 99.5 cm³/mol. The lowest BCUT2D eigenvalue weighted by Crippen LogP contribution is -2.26. The summed E-state index contributed by atoms with van der Waals surface area (Å²) in [5.74, 6) is -1.06. The number of aromatic carboxylic acids is 1. The monoisotopic (exact) mass is 366 g/mol. The summed E-state index contributed by atoms with van der Waals surface area (Å²) in [6.45, 7) is 6.47. The predicted octanol–water partition coefficient (Wildman–Crippen LogP) is 2.68. The molecular weight excluding hydrogens is 340 g/mol. The first-order chi connectivity index (χ1) is 11.7. The van der Waals surface area contributed by atoms with Crippen LogP contribution in [-0.4, -0.2) is 36.4 Å². The Bertz CT molecular complexity index is 651. The van der Waals surface area contributed by atoms with Crippen molar-refractivity contribution in [1.29, 1.82) is 0 Å². The zero-order valence-electron chi connectivity index (χ0n) is 15.3. The van der Waals surface area contributed by atoms with E-state index in [4.69, 9.17) is 9.84 Å². The van der Waals surface area contributed by atoms with Crippen molar-refractivity contribution in [2.24, 2.45) is 5.41 Å². The fraction of sp³-hybridized carbons (Fsp3) is 0.389. The summed E-state index contributed by atoms with van der Waals surface area (Å²) in [4.78, 5) is 11.4. The Morgan fingerprint density at radius 1 is 1.40 bits per heavy atom. The number of carboxylic acid groups (broad SMARTS) is 1. The second-order valence-electron chi connectivity index (χ2n) is 6.44. The third-order valence-electron chi connectivity index (χ3n) is 3.31. The molecule has 1 rings (SSSR count). The molecule has 1 atom stereocenters. The number of rotatable bonds is 8. The number of nitrogens with one attached hydrogen (secondary N) is 2. The van der Waals surface area contributed by atoms with Crippen molar-refractivity contribution in [2.45, 2.75) is 25.7 Å². The van der Waals surface area contributed by atoms with E-state index in [1.54, 1.807) is 19.2 Å². The topological polar surface area (TPSA) is 93.6 Å². The molecule has 1 aromatic rings. The highest BCUT2D eigenvalue weighted by Crippen LogP contribution is 2.26. The van der Waals surface area contributed by atoms with Crippen LogP contribution in [0.15, 0.2) is 52.7 Å². The van der Waals surface area contributed by atoms with Crippen LogP contribution in [0.3, 0.4) is 0 Å². The summed E-state index contributed by atoms with van der Waals surface area (Å²) in [5, 5.41) is 12.1. The molecule has 0 aliphatic carbocycles. The molecule has 0 radical (unpaired) electrons. The summed E-state index contributed by atoms with van der Waals surface area (Å²) in [5.41, 5.74) is 1.62. The van der Waals surface area contributed by atoms with Crippen LogP contribution < -0.4 is 10.0 Å². The molecule has 0 aliphatic heterocycles. The number of hydrogen-bond donors (Lipinski definition) is 3. The second kappa shape index (κ2) is 9.50. The van der Waals surface area contributed by atoms with Crippen molar-refractivity contribution in [3.8, 4) is 0 Å². The first-order valence-electron chi connectivity index (χ1n) is 7.78. The van der Waals surface area contributed by atoms with E-state index in [0.717, 1.165) is 5.57 Å². The standard InChI is InChI=1S/C18H26N2O4S/c1-18(2,3)14(11-19-4)10-15(12-24-5)20-25(23)16-8-6-7-13(9-16)17(21)22/h6-11,19-20H,12H2,1-5H3,(H,21,22)/b14-11+,15-10+. The molecule has 0 saturated heterocycles. The Hall–Kier alpha value is -1.96. The maximum Gasteiger partial charge on any atom is 0.335 e. The largest absolute Gasteiger partial charge is 0.588 e. The van der Waals surface area contributed by atoms with E-state index in [-0.39, 0.29) is 17.6 Å². The van der Waals surface area contributed by atoms with Gasteiger partial charge in [-0.3, -0.25) is 0 Å². The number of hydrogen-bond acceptors (Lipinski definition) is 5. The summed E-state index contributed by atoms with van der Waals surface area (Å²) >= 11 is -1.60. The molecule has 1 aromatic carbocycles. The third-order valence-corrected chi connectivity index (χ3v) is 4.44. The highest BCUT2D eigenvalue weighted by atomic mass is 32.2. The molecule has 0 amide bonds. The van der Waals surface area contributed by atoms with E-state index >= 15 is 0 Å². The molecule has 1 unspecified atom stereocenters. The van der Waals surface area contributed by atoms with Crippen LogP contribution in [0, 0.1) is 5.41 Å². The van der Waals surface area contributed by atoms with Crippen molar-refractivity contribution in [1.82, 2.24) is 10.0 Å². The molecule has 0 fully saturated rings. The maximum absolute atomic E-state index is 12.6. The minimum atomic E-state index is -1.60. The Balaban J connectivity index is 3.08. The number of carbonyl (C=O) groups is 1. The summed E-state index contributed by atoms with van der Waals surface area (Å²) in [6.07, 6.45) is 3.77. The van der Waals surface area contributed by atoms with Crippen LogP contribution in [-0.2, 0) is 16.1 Å². The summed E-state index contributed by atoms with van der Waals surface area (Å²) in [6, 6.07) is 6.04. The van der Waals surface area contributed by atoms with Crippen LogP contribution >= 0.6 is 0 Å². The Morgan fingerprint density at radius 3 is 2.60 bits per heavy atom. The van der Waals surface area contributed by atoms with Gasteiger partial charge >= 0.3 is 5.97 Å². The molecule has 0 aromatic heterocycles. The number of carboxylic acids is 1. The van der Waals surface area contributed by atoms with Gasteiger partial charge in [-0.05, 0) is 29.2 Å². The SMILES string of the molecule is CN/C=C(\C=C(/COC)N[S+]([O-])c1cccc(C(=O)O)c1)C(C)(C)C. The van der Waals surface area contributed by atoms with Gasteiger partial charge in [0.2, 0.25) is 0 Å². The molecule has 0 heterocycles. The molecule has 138 valence electrons. The van der Waals surface area contributed by atoms with Gasteiger partial charge in [0.1, 0.15) is 11.4 Å². The van der Waals surface area contributed by atoms with Gasteiger partial charge in [-0.1, -0.05) is 26.8 Å². The van der Waals surface area contributed by atoms with E-state index in [9.17, 15) is 9.35 Å². The van der Waals surface area contributed by atoms with Gasteiger partial charge < -0.3 is 19.7 Å². The lowest BCUT2D eigenvalue weighted by molar-refractivity contribution is 0.0696. The number of ether oxygens (including phenoxy) is 1. The average Bonchev–Trinajstić information content (AvgIpc) is 2.53. The van der Waals surface area contributed by atoms with Gasteiger partial charge in [-0.2, -0.15) is 0 Å². The van der Waals surface area contributed by atoms with Gasteiger partial charge in [0.05, 0.1) is 17.9 Å². The molecule has 3 N–H and O–H groups in total. The first-order valence-corrected chi connectivity index (χ1v) is 8.93. The molecule has 7 heteroatoms. The zero-order valence-corrected chi connectivity index (χ0v) is 16.1. The number of allylic oxidation sites excluding steroid dienone is 2. The maximum atomic E-state index is 12.6. The smallest absolute Gasteiger partial charge is 0.335 e. The third kappa shape index (κ3) is 6.81.